The van der Waals surface area contributed by atoms with Gasteiger partial charge in [0.15, 0.2) is 0 Å². The molecule has 0 aliphatic heterocycles. The van der Waals surface area contributed by atoms with Gasteiger partial charge in [-0.15, -0.1) is 0 Å². The SMILES string of the molecule is Cc1ccc(COc2ccc(NC(=O)/C(C#N)=C/c3ccc(OCc4ccc(Cl)cc4Cl)cc3)cc2)cc1. The van der Waals surface area contributed by atoms with Crippen LogP contribution in [0.15, 0.2) is 96.6 Å². The summed E-state index contributed by atoms with van der Waals surface area (Å²) in [5.74, 6) is 0.805. The normalized spacial score (nSPS) is 10.9. The fourth-order valence-electron chi connectivity index (χ4n) is 3.46. The van der Waals surface area contributed by atoms with E-state index in [1.54, 1.807) is 60.7 Å². The molecule has 0 aromatic heterocycles. The molecule has 0 heterocycles. The van der Waals surface area contributed by atoms with Crippen molar-refractivity contribution < 1.29 is 14.3 Å². The first-order valence-electron chi connectivity index (χ1n) is 11.8. The first-order valence-corrected chi connectivity index (χ1v) is 12.5. The maximum atomic E-state index is 12.7. The van der Waals surface area contributed by atoms with Gasteiger partial charge in [-0.3, -0.25) is 4.79 Å². The molecule has 5 nitrogen and oxygen atoms in total. The molecule has 0 unspecified atom stereocenters. The van der Waals surface area contributed by atoms with E-state index < -0.39 is 5.91 Å². The molecule has 4 aromatic rings. The fourth-order valence-corrected chi connectivity index (χ4v) is 3.92. The second-order valence-electron chi connectivity index (χ2n) is 8.52. The number of carbonyl (C=O) groups is 1. The van der Waals surface area contributed by atoms with E-state index >= 15 is 0 Å². The monoisotopic (exact) mass is 542 g/mol. The molecule has 7 heteroatoms. The molecule has 0 fully saturated rings. The van der Waals surface area contributed by atoms with Crippen molar-refractivity contribution in [2.45, 2.75) is 20.1 Å². The molecular formula is C31H24Cl2N2O3. The van der Waals surface area contributed by atoms with Gasteiger partial charge in [0.2, 0.25) is 0 Å². The lowest BCUT2D eigenvalue weighted by molar-refractivity contribution is -0.112. The van der Waals surface area contributed by atoms with Gasteiger partial charge in [0.05, 0.1) is 0 Å². The molecule has 0 radical (unpaired) electrons. The van der Waals surface area contributed by atoms with Gasteiger partial charge in [-0.2, -0.15) is 5.26 Å². The predicted molar refractivity (Wildman–Crippen MR) is 151 cm³/mol. The van der Waals surface area contributed by atoms with Crippen molar-refractivity contribution in [3.8, 4) is 17.6 Å². The lowest BCUT2D eigenvalue weighted by atomic mass is 10.1. The average Bonchev–Trinajstić information content (AvgIpc) is 2.92. The Bertz CT molecular complexity index is 1470. The zero-order valence-electron chi connectivity index (χ0n) is 20.6. The number of nitriles is 1. The van der Waals surface area contributed by atoms with Crippen molar-refractivity contribution in [1.29, 1.82) is 5.26 Å². The Hall–Kier alpha value is -4.24. The summed E-state index contributed by atoms with van der Waals surface area (Å²) in [6.45, 7) is 2.77. The van der Waals surface area contributed by atoms with E-state index in [2.05, 4.69) is 5.32 Å². The van der Waals surface area contributed by atoms with E-state index in [4.69, 9.17) is 32.7 Å². The molecule has 4 aromatic carbocycles. The molecule has 0 aliphatic rings. The first-order chi connectivity index (χ1) is 18.4. The lowest BCUT2D eigenvalue weighted by Crippen LogP contribution is -2.13. The number of aryl methyl sites for hydroxylation is 1. The van der Waals surface area contributed by atoms with E-state index in [0.717, 1.165) is 11.1 Å². The van der Waals surface area contributed by atoms with Crippen molar-refractivity contribution in [1.82, 2.24) is 0 Å². The number of anilines is 1. The third kappa shape index (κ3) is 7.63. The summed E-state index contributed by atoms with van der Waals surface area (Å²) in [5.41, 5.74) is 4.31. The summed E-state index contributed by atoms with van der Waals surface area (Å²) < 4.78 is 11.6. The largest absolute Gasteiger partial charge is 0.489 e. The Balaban J connectivity index is 1.32. The fraction of sp³-hybridized carbons (Fsp3) is 0.0968. The standard InChI is InChI=1S/C31H24Cl2N2O3/c1-21-2-4-23(5-3-21)19-37-29-14-10-27(11-15-29)35-31(36)25(18-34)16-22-6-12-28(13-7-22)38-20-24-8-9-26(32)17-30(24)33/h2-17H,19-20H2,1H3,(H,35,36)/b25-16+. The molecular weight excluding hydrogens is 519 g/mol. The molecule has 1 amide bonds. The predicted octanol–water partition coefficient (Wildman–Crippen LogP) is 8.01. The third-order valence-corrected chi connectivity index (χ3v) is 6.19. The molecule has 4 rings (SSSR count). The van der Waals surface area contributed by atoms with Gasteiger partial charge < -0.3 is 14.8 Å². The van der Waals surface area contributed by atoms with Crippen LogP contribution in [0.2, 0.25) is 10.0 Å². The molecule has 0 bridgehead atoms. The van der Waals surface area contributed by atoms with Crippen LogP contribution in [0.5, 0.6) is 11.5 Å². The Labute approximate surface area is 231 Å². The van der Waals surface area contributed by atoms with Gasteiger partial charge in [-0.1, -0.05) is 71.2 Å². The zero-order chi connectivity index (χ0) is 26.9. The summed E-state index contributed by atoms with van der Waals surface area (Å²) in [4.78, 5) is 12.7. The Morgan fingerprint density at radius 1 is 0.868 bits per heavy atom. The summed E-state index contributed by atoms with van der Waals surface area (Å²) >= 11 is 12.1. The van der Waals surface area contributed by atoms with Crippen molar-refractivity contribution in [2.75, 3.05) is 5.32 Å². The average molecular weight is 543 g/mol. The van der Waals surface area contributed by atoms with Crippen LogP contribution in [0.1, 0.15) is 22.3 Å². The van der Waals surface area contributed by atoms with Gasteiger partial charge in [-0.25, -0.2) is 0 Å². The summed E-state index contributed by atoms with van der Waals surface area (Å²) in [6, 6.07) is 29.4. The highest BCUT2D eigenvalue weighted by molar-refractivity contribution is 6.35. The second kappa shape index (κ2) is 12.8. The van der Waals surface area contributed by atoms with Crippen molar-refractivity contribution in [3.05, 3.63) is 129 Å². The number of hydrogen-bond acceptors (Lipinski definition) is 4. The van der Waals surface area contributed by atoms with Gasteiger partial charge in [0.1, 0.15) is 36.4 Å². The van der Waals surface area contributed by atoms with Crippen molar-refractivity contribution >= 4 is 40.9 Å². The van der Waals surface area contributed by atoms with E-state index in [0.29, 0.717) is 39.4 Å². The molecule has 1 N–H and O–H groups in total. The quantitative estimate of drug-likeness (QED) is 0.172. The minimum Gasteiger partial charge on any atom is -0.489 e. The van der Waals surface area contributed by atoms with Crippen LogP contribution < -0.4 is 14.8 Å². The van der Waals surface area contributed by atoms with Crippen LogP contribution >= 0.6 is 23.2 Å². The Morgan fingerprint density at radius 2 is 1.50 bits per heavy atom. The van der Waals surface area contributed by atoms with Crippen LogP contribution in [-0.4, -0.2) is 5.91 Å². The number of halogens is 2. The Morgan fingerprint density at radius 3 is 2.13 bits per heavy atom. The summed E-state index contributed by atoms with van der Waals surface area (Å²) in [5, 5.41) is 13.4. The number of nitrogens with one attached hydrogen (secondary N) is 1. The van der Waals surface area contributed by atoms with Gasteiger partial charge in [-0.05, 0) is 72.7 Å². The molecule has 190 valence electrons. The number of benzene rings is 4. The van der Waals surface area contributed by atoms with Gasteiger partial charge in [0.25, 0.3) is 5.91 Å². The van der Waals surface area contributed by atoms with Crippen molar-refractivity contribution in [3.63, 3.8) is 0 Å². The summed E-state index contributed by atoms with van der Waals surface area (Å²) in [6.07, 6.45) is 1.52. The highest BCUT2D eigenvalue weighted by Gasteiger charge is 2.10. The number of amides is 1. The van der Waals surface area contributed by atoms with Crippen LogP contribution in [0.4, 0.5) is 5.69 Å². The molecule has 0 spiro atoms. The lowest BCUT2D eigenvalue weighted by Gasteiger charge is -2.09. The van der Waals surface area contributed by atoms with E-state index in [9.17, 15) is 10.1 Å². The maximum Gasteiger partial charge on any atom is 0.266 e. The third-order valence-electron chi connectivity index (χ3n) is 5.60. The number of nitrogens with zero attached hydrogens (tertiary/aromatic N) is 1. The van der Waals surface area contributed by atoms with Crippen molar-refractivity contribution in [2.24, 2.45) is 0 Å². The number of hydrogen-bond donors (Lipinski definition) is 1. The van der Waals surface area contributed by atoms with Crippen LogP contribution in [0.25, 0.3) is 6.08 Å². The minimum absolute atomic E-state index is 0.0219. The first kappa shape index (κ1) is 26.8. The van der Waals surface area contributed by atoms with E-state index in [-0.39, 0.29) is 12.2 Å². The zero-order valence-corrected chi connectivity index (χ0v) is 22.1. The molecule has 0 atom stereocenters. The summed E-state index contributed by atoms with van der Waals surface area (Å²) in [7, 11) is 0. The molecule has 0 saturated heterocycles. The number of rotatable bonds is 9. The highest BCUT2D eigenvalue weighted by Crippen LogP contribution is 2.23. The maximum absolute atomic E-state index is 12.7. The Kier molecular flexibility index (Phi) is 9.05. The molecule has 0 aliphatic carbocycles. The van der Waals surface area contributed by atoms with Crippen LogP contribution in [-0.2, 0) is 18.0 Å². The number of ether oxygens (including phenoxy) is 2. The van der Waals surface area contributed by atoms with Crippen LogP contribution in [0, 0.1) is 18.3 Å². The van der Waals surface area contributed by atoms with Gasteiger partial charge in [0, 0.05) is 21.3 Å². The number of carbonyl (C=O) groups excluding carboxylic acids is 1. The van der Waals surface area contributed by atoms with E-state index in [1.807, 2.05) is 43.3 Å². The topological polar surface area (TPSA) is 71.3 Å². The van der Waals surface area contributed by atoms with E-state index in [1.165, 1.54) is 11.6 Å². The van der Waals surface area contributed by atoms with Crippen LogP contribution in [0.3, 0.4) is 0 Å². The smallest absolute Gasteiger partial charge is 0.266 e. The molecule has 38 heavy (non-hydrogen) atoms. The minimum atomic E-state index is -0.501. The second-order valence-corrected chi connectivity index (χ2v) is 9.36. The van der Waals surface area contributed by atoms with Gasteiger partial charge >= 0.3 is 0 Å². The molecule has 0 saturated carbocycles. The highest BCUT2D eigenvalue weighted by atomic mass is 35.5.